The number of para-hydroxylation sites is 1. The standard InChI is InChI=1S/C29H49N3O4/c1-21(2)22(18-26(30)27(33)20-32-23-10-8-11-24(32)13-9-12-23)19-31-29(34)25-14-4-5-15-28(25)36-17-7-6-16-35-3/h4-5,14-15,21-24,26-27,33H,6-13,16-20,30H2,1-3H3,(H,31,34). The Morgan fingerprint density at radius 2 is 1.75 bits per heavy atom. The van der Waals surface area contributed by atoms with Crippen molar-refractivity contribution in [3.05, 3.63) is 29.8 Å². The van der Waals surface area contributed by atoms with Crippen LogP contribution in [0, 0.1) is 11.8 Å². The molecule has 2 bridgehead atoms. The molecule has 3 rings (SSSR count). The Hall–Kier alpha value is -1.67. The highest BCUT2D eigenvalue weighted by atomic mass is 16.5. The van der Waals surface area contributed by atoms with Gasteiger partial charge in [0.05, 0.1) is 18.3 Å². The van der Waals surface area contributed by atoms with Crippen molar-refractivity contribution in [2.45, 2.75) is 95.9 Å². The Labute approximate surface area is 218 Å². The maximum Gasteiger partial charge on any atom is 0.255 e. The number of hydrogen-bond acceptors (Lipinski definition) is 6. The summed E-state index contributed by atoms with van der Waals surface area (Å²) in [7, 11) is 1.69. The van der Waals surface area contributed by atoms with Crippen molar-refractivity contribution in [2.75, 3.05) is 33.4 Å². The minimum Gasteiger partial charge on any atom is -0.493 e. The van der Waals surface area contributed by atoms with E-state index in [1.165, 1.54) is 38.5 Å². The molecule has 204 valence electrons. The van der Waals surface area contributed by atoms with Crippen LogP contribution < -0.4 is 15.8 Å². The quantitative estimate of drug-likeness (QED) is 0.313. The van der Waals surface area contributed by atoms with Gasteiger partial charge in [-0.15, -0.1) is 0 Å². The molecule has 1 amide bonds. The van der Waals surface area contributed by atoms with Crippen LogP contribution in [0.5, 0.6) is 5.75 Å². The molecule has 0 radical (unpaired) electrons. The van der Waals surface area contributed by atoms with Gasteiger partial charge < -0.3 is 25.6 Å². The Morgan fingerprint density at radius 1 is 1.11 bits per heavy atom. The van der Waals surface area contributed by atoms with E-state index in [0.29, 0.717) is 62.0 Å². The third-order valence-electron chi connectivity index (χ3n) is 8.15. The van der Waals surface area contributed by atoms with Crippen molar-refractivity contribution >= 4 is 5.91 Å². The molecule has 2 aliphatic rings. The van der Waals surface area contributed by atoms with Crippen LogP contribution in [0.4, 0.5) is 0 Å². The Bertz CT molecular complexity index is 768. The van der Waals surface area contributed by atoms with E-state index in [0.717, 1.165) is 12.8 Å². The third kappa shape index (κ3) is 8.44. The van der Waals surface area contributed by atoms with Gasteiger partial charge >= 0.3 is 0 Å². The van der Waals surface area contributed by atoms with E-state index >= 15 is 0 Å². The topological polar surface area (TPSA) is 97.0 Å². The molecule has 2 aliphatic heterocycles. The lowest BCUT2D eigenvalue weighted by Crippen LogP contribution is -2.55. The fourth-order valence-electron chi connectivity index (χ4n) is 5.81. The number of methoxy groups -OCH3 is 1. The molecular weight excluding hydrogens is 454 g/mol. The average Bonchev–Trinajstić information content (AvgIpc) is 2.86. The van der Waals surface area contributed by atoms with Crippen LogP contribution in [0.15, 0.2) is 24.3 Å². The summed E-state index contributed by atoms with van der Waals surface area (Å²) in [6.45, 7) is 6.76. The van der Waals surface area contributed by atoms with Crippen LogP contribution in [0.1, 0.15) is 82.0 Å². The smallest absolute Gasteiger partial charge is 0.255 e. The van der Waals surface area contributed by atoms with Gasteiger partial charge in [0.2, 0.25) is 0 Å². The molecule has 0 saturated carbocycles. The molecule has 7 heteroatoms. The van der Waals surface area contributed by atoms with Crippen molar-refractivity contribution in [2.24, 2.45) is 17.6 Å². The molecule has 0 aliphatic carbocycles. The first kappa shape index (κ1) is 28.9. The maximum absolute atomic E-state index is 13.0. The number of nitrogens with zero attached hydrogens (tertiary/aromatic N) is 1. The number of nitrogens with two attached hydrogens (primary N) is 1. The van der Waals surface area contributed by atoms with Crippen LogP contribution >= 0.6 is 0 Å². The normalized spacial score (nSPS) is 22.7. The number of amides is 1. The van der Waals surface area contributed by atoms with Gasteiger partial charge in [0.25, 0.3) is 5.91 Å². The Balaban J connectivity index is 1.50. The van der Waals surface area contributed by atoms with Gasteiger partial charge in [-0.25, -0.2) is 0 Å². The van der Waals surface area contributed by atoms with Crippen molar-refractivity contribution in [3.63, 3.8) is 0 Å². The first-order valence-electron chi connectivity index (χ1n) is 14.1. The highest BCUT2D eigenvalue weighted by Crippen LogP contribution is 2.34. The van der Waals surface area contributed by atoms with Crippen LogP contribution in [0.3, 0.4) is 0 Å². The number of benzene rings is 1. The maximum atomic E-state index is 13.0. The Kier molecular flexibility index (Phi) is 12.0. The highest BCUT2D eigenvalue weighted by Gasteiger charge is 2.36. The van der Waals surface area contributed by atoms with E-state index in [4.69, 9.17) is 15.2 Å². The minimum atomic E-state index is -0.546. The number of carbonyl (C=O) groups is 1. The molecule has 2 fully saturated rings. The summed E-state index contributed by atoms with van der Waals surface area (Å²) in [5, 5.41) is 14.1. The lowest BCUT2D eigenvalue weighted by Gasteiger charge is -2.47. The predicted molar refractivity (Wildman–Crippen MR) is 144 cm³/mol. The van der Waals surface area contributed by atoms with Crippen LogP contribution in [-0.2, 0) is 4.74 Å². The van der Waals surface area contributed by atoms with Gasteiger partial charge in [-0.3, -0.25) is 9.69 Å². The fourth-order valence-corrected chi connectivity index (χ4v) is 5.81. The number of fused-ring (bicyclic) bond motifs is 2. The SMILES string of the molecule is COCCCCOc1ccccc1C(=O)NCC(CC(N)C(O)CN1C2CCCC1CCC2)C(C)C. The van der Waals surface area contributed by atoms with Gasteiger partial charge in [0, 0.05) is 44.9 Å². The van der Waals surface area contributed by atoms with Crippen LogP contribution in [0.2, 0.25) is 0 Å². The van der Waals surface area contributed by atoms with E-state index < -0.39 is 6.10 Å². The zero-order chi connectivity index (χ0) is 25.9. The van der Waals surface area contributed by atoms with E-state index in [-0.39, 0.29) is 17.9 Å². The van der Waals surface area contributed by atoms with Gasteiger partial charge in [0.1, 0.15) is 5.75 Å². The molecule has 0 aromatic heterocycles. The molecule has 36 heavy (non-hydrogen) atoms. The minimum absolute atomic E-state index is 0.136. The molecular formula is C29H49N3O4. The second kappa shape index (κ2) is 14.9. The lowest BCUT2D eigenvalue weighted by molar-refractivity contribution is -0.00827. The molecule has 1 aromatic carbocycles. The summed E-state index contributed by atoms with van der Waals surface area (Å²) >= 11 is 0. The number of ether oxygens (including phenoxy) is 2. The van der Waals surface area contributed by atoms with Crippen molar-refractivity contribution < 1.29 is 19.4 Å². The number of piperidine rings is 2. The summed E-state index contributed by atoms with van der Waals surface area (Å²) in [5.74, 6) is 0.989. The highest BCUT2D eigenvalue weighted by molar-refractivity contribution is 5.96. The summed E-state index contributed by atoms with van der Waals surface area (Å²) in [6, 6.07) is 8.30. The van der Waals surface area contributed by atoms with Crippen molar-refractivity contribution in [1.82, 2.24) is 10.2 Å². The average molecular weight is 504 g/mol. The van der Waals surface area contributed by atoms with Gasteiger partial charge in [0.15, 0.2) is 0 Å². The van der Waals surface area contributed by atoms with E-state index in [1.807, 2.05) is 18.2 Å². The third-order valence-corrected chi connectivity index (χ3v) is 8.15. The number of unbranched alkanes of at least 4 members (excludes halogenated alkanes) is 1. The van der Waals surface area contributed by atoms with Gasteiger partial charge in [-0.05, 0) is 68.9 Å². The summed E-state index contributed by atoms with van der Waals surface area (Å²) in [6.07, 6.45) is 9.54. The van der Waals surface area contributed by atoms with E-state index in [2.05, 4.69) is 24.1 Å². The zero-order valence-electron chi connectivity index (χ0n) is 22.7. The molecule has 3 atom stereocenters. The molecule has 2 saturated heterocycles. The van der Waals surface area contributed by atoms with Crippen LogP contribution in [-0.4, -0.2) is 73.6 Å². The largest absolute Gasteiger partial charge is 0.493 e. The molecule has 7 nitrogen and oxygen atoms in total. The number of aliphatic hydroxyl groups excluding tert-OH is 1. The number of carbonyl (C=O) groups excluding carboxylic acids is 1. The second-order valence-corrected chi connectivity index (χ2v) is 11.1. The predicted octanol–water partition coefficient (Wildman–Crippen LogP) is 3.98. The second-order valence-electron chi connectivity index (χ2n) is 11.1. The molecule has 0 spiro atoms. The summed E-state index contributed by atoms with van der Waals surface area (Å²) in [5.41, 5.74) is 7.09. The number of rotatable bonds is 15. The van der Waals surface area contributed by atoms with E-state index in [1.54, 1.807) is 13.2 Å². The van der Waals surface area contributed by atoms with Gasteiger partial charge in [-0.2, -0.15) is 0 Å². The lowest BCUT2D eigenvalue weighted by atomic mass is 9.83. The summed E-state index contributed by atoms with van der Waals surface area (Å²) < 4.78 is 11.0. The molecule has 2 heterocycles. The number of aliphatic hydroxyl groups is 1. The fraction of sp³-hybridized carbons (Fsp3) is 0.759. The molecule has 1 aromatic rings. The first-order chi connectivity index (χ1) is 17.4. The van der Waals surface area contributed by atoms with Crippen molar-refractivity contribution in [3.8, 4) is 5.75 Å². The van der Waals surface area contributed by atoms with Crippen molar-refractivity contribution in [1.29, 1.82) is 0 Å². The zero-order valence-corrected chi connectivity index (χ0v) is 22.7. The number of hydrogen-bond donors (Lipinski definition) is 3. The van der Waals surface area contributed by atoms with Gasteiger partial charge in [-0.1, -0.05) is 38.8 Å². The van der Waals surface area contributed by atoms with Crippen LogP contribution in [0.25, 0.3) is 0 Å². The molecule has 4 N–H and O–H groups in total. The van der Waals surface area contributed by atoms with E-state index in [9.17, 15) is 9.90 Å². The first-order valence-corrected chi connectivity index (χ1v) is 14.1. The monoisotopic (exact) mass is 503 g/mol. The molecule has 3 unspecified atom stereocenters. The summed E-state index contributed by atoms with van der Waals surface area (Å²) in [4.78, 5) is 15.6. The number of nitrogens with one attached hydrogen (secondary N) is 1. The Morgan fingerprint density at radius 3 is 2.39 bits per heavy atom.